The van der Waals surface area contributed by atoms with E-state index < -0.39 is 0 Å². The molecule has 1 heterocycles. The maximum absolute atomic E-state index is 4.30. The van der Waals surface area contributed by atoms with E-state index in [2.05, 4.69) is 54.6 Å². The van der Waals surface area contributed by atoms with Crippen LogP contribution < -0.4 is 0 Å². The molecule has 1 aromatic heterocycles. The zero-order chi connectivity index (χ0) is 12.3. The molecule has 0 saturated heterocycles. The molecule has 2 aromatic rings. The minimum atomic E-state index is 0.379. The minimum absolute atomic E-state index is 0.379. The first-order valence-corrected chi connectivity index (χ1v) is 6.91. The Morgan fingerprint density at radius 2 is 1.82 bits per heavy atom. The van der Waals surface area contributed by atoms with E-state index >= 15 is 0 Å². The van der Waals surface area contributed by atoms with Crippen molar-refractivity contribution in [2.45, 2.75) is 24.7 Å². The predicted octanol–water partition coefficient (Wildman–Crippen LogP) is 3.99. The fraction of sp³-hybridized carbons (Fsp3) is 0.286. The predicted molar refractivity (Wildman–Crippen MR) is 73.3 cm³/mol. The van der Waals surface area contributed by atoms with Gasteiger partial charge in [-0.25, -0.2) is 0 Å². The third kappa shape index (κ3) is 2.50. The molecule has 17 heavy (non-hydrogen) atoms. The molecule has 0 atom stereocenters. The average molecular weight is 244 g/mol. The highest BCUT2D eigenvalue weighted by Gasteiger charge is 2.14. The van der Waals surface area contributed by atoms with Gasteiger partial charge < -0.3 is 0 Å². The van der Waals surface area contributed by atoms with Crippen molar-refractivity contribution < 1.29 is 0 Å². The molecule has 0 N–H and O–H groups in total. The summed E-state index contributed by atoms with van der Waals surface area (Å²) in [5.74, 6) is 0.379. The van der Waals surface area contributed by atoms with Crippen LogP contribution in [0.2, 0.25) is 0 Å². The van der Waals surface area contributed by atoms with Crippen LogP contribution in [0, 0.1) is 0 Å². The van der Waals surface area contributed by atoms with Gasteiger partial charge in [0.1, 0.15) is 0 Å². The highest BCUT2D eigenvalue weighted by Crippen LogP contribution is 2.34. The normalized spacial score (nSPS) is 10.8. The molecule has 0 bridgehead atoms. The van der Waals surface area contributed by atoms with Crippen molar-refractivity contribution in [1.29, 1.82) is 0 Å². The van der Waals surface area contributed by atoms with Crippen molar-refractivity contribution in [1.82, 2.24) is 10.2 Å². The van der Waals surface area contributed by atoms with Crippen LogP contribution in [0.25, 0.3) is 11.1 Å². The third-order valence-electron chi connectivity index (χ3n) is 2.67. The van der Waals surface area contributed by atoms with Gasteiger partial charge in [-0.15, -0.1) is 11.8 Å². The van der Waals surface area contributed by atoms with Crippen molar-refractivity contribution >= 4 is 11.8 Å². The summed E-state index contributed by atoms with van der Waals surface area (Å²) in [4.78, 5) is 1.19. The number of aromatic nitrogens is 2. The lowest BCUT2D eigenvalue weighted by Crippen LogP contribution is -2.00. The number of hydrogen-bond donors (Lipinski definition) is 0. The Labute approximate surface area is 106 Å². The van der Waals surface area contributed by atoms with Gasteiger partial charge in [0.05, 0.1) is 11.9 Å². The second-order valence-electron chi connectivity index (χ2n) is 4.19. The first-order chi connectivity index (χ1) is 8.24. The minimum Gasteiger partial charge on any atom is -0.158 e. The Hall–Kier alpha value is -1.35. The summed E-state index contributed by atoms with van der Waals surface area (Å²) in [6, 6.07) is 10.4. The molecule has 0 aliphatic heterocycles. The van der Waals surface area contributed by atoms with Crippen LogP contribution in [-0.2, 0) is 0 Å². The molecule has 2 rings (SSSR count). The fourth-order valence-electron chi connectivity index (χ4n) is 1.84. The molecule has 0 fully saturated rings. The third-order valence-corrected chi connectivity index (χ3v) is 3.42. The van der Waals surface area contributed by atoms with Crippen molar-refractivity contribution in [3.63, 3.8) is 0 Å². The van der Waals surface area contributed by atoms with Gasteiger partial charge in [0.2, 0.25) is 0 Å². The highest BCUT2D eigenvalue weighted by atomic mass is 32.2. The smallest absolute Gasteiger partial charge is 0.0745 e. The standard InChI is InChI=1S/C14H16N2S/c1-10(2)14-13(11-7-5-4-6-8-11)12(17-3)9-15-16-14/h4-10H,1-3H3. The average Bonchev–Trinajstić information content (AvgIpc) is 2.38. The molecule has 2 nitrogen and oxygen atoms in total. The molecule has 0 aliphatic rings. The Bertz CT molecular complexity index is 495. The van der Waals surface area contributed by atoms with Crippen LogP contribution in [0.15, 0.2) is 41.4 Å². The summed E-state index contributed by atoms with van der Waals surface area (Å²) in [7, 11) is 0. The summed E-state index contributed by atoms with van der Waals surface area (Å²) in [6.45, 7) is 4.31. The second-order valence-corrected chi connectivity index (χ2v) is 5.04. The van der Waals surface area contributed by atoms with E-state index in [9.17, 15) is 0 Å². The zero-order valence-electron chi connectivity index (χ0n) is 10.3. The fourth-order valence-corrected chi connectivity index (χ4v) is 2.42. The van der Waals surface area contributed by atoms with Gasteiger partial charge in [-0.05, 0) is 17.7 Å². The summed E-state index contributed by atoms with van der Waals surface area (Å²) in [5, 5.41) is 8.39. The first kappa shape index (κ1) is 12.1. The summed E-state index contributed by atoms with van der Waals surface area (Å²) < 4.78 is 0. The summed E-state index contributed by atoms with van der Waals surface area (Å²) in [5.41, 5.74) is 3.52. The number of benzene rings is 1. The van der Waals surface area contributed by atoms with E-state index in [0.29, 0.717) is 5.92 Å². The number of hydrogen-bond acceptors (Lipinski definition) is 3. The number of rotatable bonds is 3. The van der Waals surface area contributed by atoms with Gasteiger partial charge in [0.25, 0.3) is 0 Å². The molecule has 0 amide bonds. The van der Waals surface area contributed by atoms with Crippen LogP contribution in [0.5, 0.6) is 0 Å². The molecular formula is C14H16N2S. The SMILES string of the molecule is CSc1cnnc(C(C)C)c1-c1ccccc1. The molecule has 3 heteroatoms. The van der Waals surface area contributed by atoms with Gasteiger partial charge in [-0.2, -0.15) is 10.2 Å². The van der Waals surface area contributed by atoms with Gasteiger partial charge >= 0.3 is 0 Å². The quantitative estimate of drug-likeness (QED) is 0.763. The maximum Gasteiger partial charge on any atom is 0.0745 e. The van der Waals surface area contributed by atoms with Crippen LogP contribution in [-0.4, -0.2) is 16.5 Å². The van der Waals surface area contributed by atoms with Crippen molar-refractivity contribution in [2.24, 2.45) is 0 Å². The van der Waals surface area contributed by atoms with Crippen molar-refractivity contribution in [2.75, 3.05) is 6.26 Å². The van der Waals surface area contributed by atoms with Crippen LogP contribution in [0.1, 0.15) is 25.5 Å². The Morgan fingerprint density at radius 1 is 1.12 bits per heavy atom. The summed E-state index contributed by atoms with van der Waals surface area (Å²) >= 11 is 1.72. The molecule has 88 valence electrons. The molecule has 0 saturated carbocycles. The maximum atomic E-state index is 4.30. The van der Waals surface area contributed by atoms with E-state index in [4.69, 9.17) is 0 Å². The Morgan fingerprint density at radius 3 is 2.41 bits per heavy atom. The molecule has 0 radical (unpaired) electrons. The van der Waals surface area contributed by atoms with E-state index in [1.54, 1.807) is 11.8 Å². The lowest BCUT2D eigenvalue weighted by Gasteiger charge is -2.14. The van der Waals surface area contributed by atoms with E-state index in [1.165, 1.54) is 16.0 Å². The van der Waals surface area contributed by atoms with Gasteiger partial charge in [0, 0.05) is 10.5 Å². The van der Waals surface area contributed by atoms with E-state index in [1.807, 2.05) is 12.3 Å². The molecule has 1 aromatic carbocycles. The topological polar surface area (TPSA) is 25.8 Å². The number of thioether (sulfide) groups is 1. The van der Waals surface area contributed by atoms with Gasteiger partial charge in [-0.1, -0.05) is 44.2 Å². The van der Waals surface area contributed by atoms with E-state index in [0.717, 1.165) is 5.69 Å². The largest absolute Gasteiger partial charge is 0.158 e. The highest BCUT2D eigenvalue weighted by molar-refractivity contribution is 7.98. The van der Waals surface area contributed by atoms with Crippen LogP contribution in [0.4, 0.5) is 0 Å². The molecule has 0 aliphatic carbocycles. The lowest BCUT2D eigenvalue weighted by molar-refractivity contribution is 0.779. The van der Waals surface area contributed by atoms with Gasteiger partial charge in [0.15, 0.2) is 0 Å². The van der Waals surface area contributed by atoms with Crippen LogP contribution >= 0.6 is 11.8 Å². The van der Waals surface area contributed by atoms with Crippen molar-refractivity contribution in [3.05, 3.63) is 42.2 Å². The Balaban J connectivity index is 2.65. The van der Waals surface area contributed by atoms with E-state index in [-0.39, 0.29) is 0 Å². The first-order valence-electron chi connectivity index (χ1n) is 5.69. The monoisotopic (exact) mass is 244 g/mol. The second kappa shape index (κ2) is 5.32. The molecule has 0 spiro atoms. The zero-order valence-corrected chi connectivity index (χ0v) is 11.2. The Kier molecular flexibility index (Phi) is 3.79. The summed E-state index contributed by atoms with van der Waals surface area (Å²) in [6.07, 6.45) is 3.92. The molecular weight excluding hydrogens is 228 g/mol. The van der Waals surface area contributed by atoms with Crippen molar-refractivity contribution in [3.8, 4) is 11.1 Å². The number of nitrogens with zero attached hydrogens (tertiary/aromatic N) is 2. The lowest BCUT2D eigenvalue weighted by atomic mass is 9.98. The van der Waals surface area contributed by atoms with Crippen LogP contribution in [0.3, 0.4) is 0 Å². The molecule has 0 unspecified atom stereocenters. The van der Waals surface area contributed by atoms with Gasteiger partial charge in [-0.3, -0.25) is 0 Å².